The third kappa shape index (κ3) is 2.98. The minimum absolute atomic E-state index is 0.0455. The van der Waals surface area contributed by atoms with Gasteiger partial charge in [0.15, 0.2) is 0 Å². The molecule has 0 aliphatic carbocycles. The Morgan fingerprint density at radius 3 is 2.92 bits per heavy atom. The fraction of sp³-hybridized carbons (Fsp3) is 0.556. The van der Waals surface area contributed by atoms with E-state index in [4.69, 9.17) is 4.42 Å². The number of hydrogen-bond donors (Lipinski definition) is 0. The number of aryl methyl sites for hydroxylation is 1. The number of rotatable bonds is 3. The third-order valence-corrected chi connectivity index (χ3v) is 5.16. The van der Waals surface area contributed by atoms with Crippen LogP contribution in [-0.4, -0.2) is 51.4 Å². The molecule has 24 heavy (non-hydrogen) atoms. The highest BCUT2D eigenvalue weighted by molar-refractivity contribution is 5.95. The molecule has 0 aromatic carbocycles. The van der Waals surface area contributed by atoms with Gasteiger partial charge in [-0.3, -0.25) is 4.79 Å². The average Bonchev–Trinajstić information content (AvgIpc) is 3.28. The highest BCUT2D eigenvalue weighted by atomic mass is 16.3. The lowest BCUT2D eigenvalue weighted by molar-refractivity contribution is 0.0705. The zero-order valence-electron chi connectivity index (χ0n) is 14.1. The van der Waals surface area contributed by atoms with Crippen molar-refractivity contribution in [2.24, 2.45) is 5.92 Å². The van der Waals surface area contributed by atoms with Gasteiger partial charge >= 0.3 is 0 Å². The molecule has 2 aliphatic heterocycles. The molecule has 4 heterocycles. The van der Waals surface area contributed by atoms with E-state index in [1.165, 1.54) is 25.9 Å². The Morgan fingerprint density at radius 1 is 1.33 bits per heavy atom. The van der Waals surface area contributed by atoms with E-state index in [1.807, 2.05) is 24.2 Å². The van der Waals surface area contributed by atoms with Crippen LogP contribution in [0, 0.1) is 12.8 Å². The molecule has 4 rings (SSSR count). The Morgan fingerprint density at radius 2 is 2.17 bits per heavy atom. The van der Waals surface area contributed by atoms with Crippen LogP contribution in [0.4, 0.5) is 0 Å². The van der Waals surface area contributed by atoms with E-state index in [-0.39, 0.29) is 5.91 Å². The molecule has 0 spiro atoms. The van der Waals surface area contributed by atoms with Crippen molar-refractivity contribution in [2.75, 3.05) is 26.2 Å². The molecular weight excluding hydrogens is 304 g/mol. The molecule has 1 fully saturated rings. The SMILES string of the molecule is Cc1occc1C(=O)N1Cc2nccn2C[C@H](CN2CCCC2)C1. The van der Waals surface area contributed by atoms with Gasteiger partial charge in [-0.15, -0.1) is 0 Å². The normalized spacial score (nSPS) is 21.7. The summed E-state index contributed by atoms with van der Waals surface area (Å²) in [5.41, 5.74) is 0.662. The number of imidazole rings is 1. The van der Waals surface area contributed by atoms with Gasteiger partial charge in [-0.2, -0.15) is 0 Å². The number of carbonyl (C=O) groups excluding carboxylic acids is 1. The minimum atomic E-state index is 0.0455. The predicted molar refractivity (Wildman–Crippen MR) is 89.6 cm³/mol. The van der Waals surface area contributed by atoms with Crippen LogP contribution in [0.1, 0.15) is 34.8 Å². The van der Waals surface area contributed by atoms with Gasteiger partial charge in [0.2, 0.25) is 0 Å². The summed E-state index contributed by atoms with van der Waals surface area (Å²) in [6, 6.07) is 1.77. The summed E-state index contributed by atoms with van der Waals surface area (Å²) in [4.78, 5) is 21.9. The van der Waals surface area contributed by atoms with Crippen molar-refractivity contribution in [3.05, 3.63) is 41.9 Å². The summed E-state index contributed by atoms with van der Waals surface area (Å²) in [6.07, 6.45) is 8.03. The molecule has 1 saturated heterocycles. The van der Waals surface area contributed by atoms with Crippen LogP contribution < -0.4 is 0 Å². The quantitative estimate of drug-likeness (QED) is 0.866. The first-order chi connectivity index (χ1) is 11.7. The summed E-state index contributed by atoms with van der Waals surface area (Å²) in [5, 5.41) is 0. The average molecular weight is 328 g/mol. The van der Waals surface area contributed by atoms with Crippen molar-refractivity contribution in [3.63, 3.8) is 0 Å². The maximum Gasteiger partial charge on any atom is 0.257 e. The zero-order valence-corrected chi connectivity index (χ0v) is 14.1. The van der Waals surface area contributed by atoms with Crippen molar-refractivity contribution >= 4 is 5.91 Å². The zero-order chi connectivity index (χ0) is 16.5. The topological polar surface area (TPSA) is 54.5 Å². The highest BCUT2D eigenvalue weighted by Crippen LogP contribution is 2.21. The van der Waals surface area contributed by atoms with Gasteiger partial charge in [-0.1, -0.05) is 0 Å². The van der Waals surface area contributed by atoms with Crippen LogP contribution in [0.3, 0.4) is 0 Å². The van der Waals surface area contributed by atoms with E-state index < -0.39 is 0 Å². The van der Waals surface area contributed by atoms with Crippen molar-refractivity contribution in [3.8, 4) is 0 Å². The van der Waals surface area contributed by atoms with Crippen molar-refractivity contribution in [1.29, 1.82) is 0 Å². The molecule has 6 heteroatoms. The first-order valence-corrected chi connectivity index (χ1v) is 8.76. The molecule has 0 saturated carbocycles. The fourth-order valence-electron chi connectivity index (χ4n) is 3.92. The Bertz CT molecular complexity index is 714. The summed E-state index contributed by atoms with van der Waals surface area (Å²) in [5.74, 6) is 2.12. The van der Waals surface area contributed by atoms with Gasteiger partial charge in [0.1, 0.15) is 11.6 Å². The number of furan rings is 1. The number of nitrogens with zero attached hydrogens (tertiary/aromatic N) is 4. The second-order valence-electron chi connectivity index (χ2n) is 6.95. The molecule has 6 nitrogen and oxygen atoms in total. The first-order valence-electron chi connectivity index (χ1n) is 8.76. The van der Waals surface area contributed by atoms with Gasteiger partial charge < -0.3 is 18.8 Å². The molecule has 0 unspecified atom stereocenters. The Kier molecular flexibility index (Phi) is 4.14. The summed E-state index contributed by atoms with van der Waals surface area (Å²) in [7, 11) is 0. The van der Waals surface area contributed by atoms with Gasteiger partial charge in [-0.05, 0) is 38.9 Å². The molecule has 128 valence electrons. The van der Waals surface area contributed by atoms with E-state index in [0.29, 0.717) is 23.8 Å². The highest BCUT2D eigenvalue weighted by Gasteiger charge is 2.29. The maximum atomic E-state index is 13.0. The van der Waals surface area contributed by atoms with E-state index in [1.54, 1.807) is 12.3 Å². The number of aromatic nitrogens is 2. The Balaban J connectivity index is 1.57. The summed E-state index contributed by atoms with van der Waals surface area (Å²) in [6.45, 7) is 7.51. The van der Waals surface area contributed by atoms with Crippen molar-refractivity contribution in [1.82, 2.24) is 19.4 Å². The van der Waals surface area contributed by atoms with Crippen LogP contribution in [0.15, 0.2) is 29.1 Å². The lowest BCUT2D eigenvalue weighted by Crippen LogP contribution is -2.38. The number of likely N-dealkylation sites (tertiary alicyclic amines) is 1. The summed E-state index contributed by atoms with van der Waals surface area (Å²) >= 11 is 0. The standard InChI is InChI=1S/C18H24N4O2/c1-14-16(4-9-24-14)18(23)22-12-15(10-20-6-2-3-7-20)11-21-8-5-19-17(21)13-22/h4-5,8-9,15H,2-3,6-7,10-13H2,1H3/t15-/m0/s1. The van der Waals surface area contributed by atoms with Crippen molar-refractivity contribution < 1.29 is 9.21 Å². The van der Waals surface area contributed by atoms with Crippen LogP contribution in [-0.2, 0) is 13.1 Å². The second kappa shape index (κ2) is 6.43. The molecule has 2 aromatic heterocycles. The number of amides is 1. The van der Waals surface area contributed by atoms with Gasteiger partial charge in [0, 0.05) is 37.9 Å². The lowest BCUT2D eigenvalue weighted by Gasteiger charge is -2.27. The van der Waals surface area contributed by atoms with Crippen LogP contribution >= 0.6 is 0 Å². The molecule has 0 N–H and O–H groups in total. The van der Waals surface area contributed by atoms with Gasteiger partial charge in [0.05, 0.1) is 18.4 Å². The Labute approximate surface area is 142 Å². The largest absolute Gasteiger partial charge is 0.469 e. The molecule has 1 amide bonds. The lowest BCUT2D eigenvalue weighted by atomic mass is 10.1. The van der Waals surface area contributed by atoms with Gasteiger partial charge in [-0.25, -0.2) is 4.98 Å². The predicted octanol–water partition coefficient (Wildman–Crippen LogP) is 2.15. The van der Waals surface area contributed by atoms with E-state index in [9.17, 15) is 4.79 Å². The molecule has 1 atom stereocenters. The van der Waals surface area contributed by atoms with Crippen LogP contribution in [0.2, 0.25) is 0 Å². The smallest absolute Gasteiger partial charge is 0.257 e. The Hall–Kier alpha value is -2.08. The molecule has 0 bridgehead atoms. The fourth-order valence-corrected chi connectivity index (χ4v) is 3.92. The number of carbonyl (C=O) groups is 1. The van der Waals surface area contributed by atoms with Crippen LogP contribution in [0.5, 0.6) is 0 Å². The molecule has 2 aliphatic rings. The summed E-state index contributed by atoms with van der Waals surface area (Å²) < 4.78 is 7.52. The number of fused-ring (bicyclic) bond motifs is 1. The first kappa shape index (κ1) is 15.4. The van der Waals surface area contributed by atoms with Crippen LogP contribution in [0.25, 0.3) is 0 Å². The monoisotopic (exact) mass is 328 g/mol. The van der Waals surface area contributed by atoms with E-state index in [2.05, 4.69) is 14.5 Å². The van der Waals surface area contributed by atoms with E-state index >= 15 is 0 Å². The van der Waals surface area contributed by atoms with Crippen molar-refractivity contribution in [2.45, 2.75) is 32.9 Å². The molecular formula is C18H24N4O2. The third-order valence-electron chi connectivity index (χ3n) is 5.16. The number of hydrogen-bond acceptors (Lipinski definition) is 4. The minimum Gasteiger partial charge on any atom is -0.469 e. The maximum absolute atomic E-state index is 13.0. The van der Waals surface area contributed by atoms with Gasteiger partial charge in [0.25, 0.3) is 5.91 Å². The molecule has 2 aromatic rings. The van der Waals surface area contributed by atoms with E-state index in [0.717, 1.165) is 25.5 Å². The molecule has 0 radical (unpaired) electrons. The second-order valence-corrected chi connectivity index (χ2v) is 6.95.